The molecule has 0 N–H and O–H groups in total. The van der Waals surface area contributed by atoms with Crippen LogP contribution < -0.4 is 9.47 Å². The van der Waals surface area contributed by atoms with Crippen LogP contribution in [0.2, 0.25) is 5.02 Å². The van der Waals surface area contributed by atoms with Crippen molar-refractivity contribution < 1.29 is 19.2 Å². The molecular weight excluding hydrogens is 372 g/mol. The van der Waals surface area contributed by atoms with Gasteiger partial charge in [-0.05, 0) is 37.1 Å². The summed E-state index contributed by atoms with van der Waals surface area (Å²) in [5.41, 5.74) is 0.793. The number of nitro groups is 1. The summed E-state index contributed by atoms with van der Waals surface area (Å²) in [6.45, 7) is 0.531. The van der Waals surface area contributed by atoms with E-state index in [0.29, 0.717) is 18.0 Å². The van der Waals surface area contributed by atoms with Crippen molar-refractivity contribution in [2.24, 2.45) is 0 Å². The quantitative estimate of drug-likeness (QED) is 0.563. The molecule has 1 amide bonds. The zero-order valence-corrected chi connectivity index (χ0v) is 15.7. The van der Waals surface area contributed by atoms with Gasteiger partial charge >= 0.3 is 0 Å². The lowest BCUT2D eigenvalue weighted by atomic mass is 10.0. The number of amides is 1. The minimum atomic E-state index is -0.542. The molecule has 1 aliphatic rings. The number of hydrogen-bond donors (Lipinski definition) is 0. The van der Waals surface area contributed by atoms with Gasteiger partial charge < -0.3 is 14.4 Å². The van der Waals surface area contributed by atoms with E-state index in [1.807, 2.05) is 6.07 Å². The van der Waals surface area contributed by atoms with Gasteiger partial charge in [0, 0.05) is 24.2 Å². The molecule has 8 heteroatoms. The SMILES string of the molecule is COc1ccc(OC)c(C2CCCN2C(=O)c2cc([N+](=O)[O-])ccc2Cl)c1. The molecule has 0 spiro atoms. The van der Waals surface area contributed by atoms with Crippen LogP contribution in [0.25, 0.3) is 0 Å². The Morgan fingerprint density at radius 2 is 2.00 bits per heavy atom. The number of ether oxygens (including phenoxy) is 2. The van der Waals surface area contributed by atoms with Crippen molar-refractivity contribution in [1.82, 2.24) is 4.90 Å². The summed E-state index contributed by atoms with van der Waals surface area (Å²) in [7, 11) is 3.15. The minimum absolute atomic E-state index is 0.125. The maximum atomic E-state index is 13.1. The van der Waals surface area contributed by atoms with Crippen LogP contribution in [0.5, 0.6) is 11.5 Å². The molecule has 0 aliphatic carbocycles. The number of likely N-dealkylation sites (tertiary alicyclic amines) is 1. The Bertz CT molecular complexity index is 886. The van der Waals surface area contributed by atoms with E-state index in [0.717, 1.165) is 18.4 Å². The summed E-state index contributed by atoms with van der Waals surface area (Å²) in [6.07, 6.45) is 1.56. The standard InChI is InChI=1S/C19H19ClN2O5/c1-26-13-6-8-18(27-2)15(11-13)17-4-3-9-21(17)19(23)14-10-12(22(24)25)5-7-16(14)20/h5-8,10-11,17H,3-4,9H2,1-2H3. The largest absolute Gasteiger partial charge is 0.497 e. The van der Waals surface area contributed by atoms with Crippen molar-refractivity contribution in [2.75, 3.05) is 20.8 Å². The number of hydrogen-bond acceptors (Lipinski definition) is 5. The highest BCUT2D eigenvalue weighted by atomic mass is 35.5. The van der Waals surface area contributed by atoms with Gasteiger partial charge in [0.2, 0.25) is 0 Å². The number of carbonyl (C=O) groups excluding carboxylic acids is 1. The fraction of sp³-hybridized carbons (Fsp3) is 0.316. The number of non-ortho nitro benzene ring substituents is 1. The van der Waals surface area contributed by atoms with Crippen molar-refractivity contribution in [2.45, 2.75) is 18.9 Å². The van der Waals surface area contributed by atoms with E-state index < -0.39 is 4.92 Å². The molecule has 1 atom stereocenters. The van der Waals surface area contributed by atoms with E-state index in [1.165, 1.54) is 18.2 Å². The minimum Gasteiger partial charge on any atom is -0.497 e. The first kappa shape index (κ1) is 19.0. The fourth-order valence-corrected chi connectivity index (χ4v) is 3.58. The third-order valence-corrected chi connectivity index (χ3v) is 5.03. The molecule has 0 bridgehead atoms. The van der Waals surface area contributed by atoms with Crippen LogP contribution in [0.1, 0.15) is 34.8 Å². The third-order valence-electron chi connectivity index (χ3n) is 4.70. The van der Waals surface area contributed by atoms with Crippen molar-refractivity contribution in [3.63, 3.8) is 0 Å². The Morgan fingerprint density at radius 3 is 2.67 bits per heavy atom. The average molecular weight is 391 g/mol. The van der Waals surface area contributed by atoms with Crippen LogP contribution in [-0.4, -0.2) is 36.5 Å². The normalized spacial score (nSPS) is 16.3. The number of carbonyl (C=O) groups is 1. The zero-order chi connectivity index (χ0) is 19.6. The number of halogens is 1. The molecule has 2 aromatic rings. The predicted octanol–water partition coefficient (Wildman–Crippen LogP) is 4.24. The Hall–Kier alpha value is -2.80. The molecule has 2 aromatic carbocycles. The van der Waals surface area contributed by atoms with Crippen molar-refractivity contribution in [1.29, 1.82) is 0 Å². The van der Waals surface area contributed by atoms with E-state index in [9.17, 15) is 14.9 Å². The first-order valence-corrected chi connectivity index (χ1v) is 8.81. The first-order valence-electron chi connectivity index (χ1n) is 8.43. The third kappa shape index (κ3) is 3.68. The van der Waals surface area contributed by atoms with E-state index in [2.05, 4.69) is 0 Å². The van der Waals surface area contributed by atoms with Gasteiger partial charge in [-0.25, -0.2) is 0 Å². The summed E-state index contributed by atoms with van der Waals surface area (Å²) in [5, 5.41) is 11.2. The molecule has 0 radical (unpaired) electrons. The predicted molar refractivity (Wildman–Crippen MR) is 101 cm³/mol. The van der Waals surface area contributed by atoms with Crippen molar-refractivity contribution >= 4 is 23.2 Å². The molecule has 1 aliphatic heterocycles. The molecule has 1 unspecified atom stereocenters. The van der Waals surface area contributed by atoms with Crippen LogP contribution in [0.3, 0.4) is 0 Å². The number of nitrogens with zero attached hydrogens (tertiary/aromatic N) is 2. The molecule has 1 saturated heterocycles. The van der Waals surface area contributed by atoms with Crippen LogP contribution >= 0.6 is 11.6 Å². The van der Waals surface area contributed by atoms with Gasteiger partial charge in [-0.2, -0.15) is 0 Å². The van der Waals surface area contributed by atoms with Crippen molar-refractivity contribution in [3.8, 4) is 11.5 Å². The second-order valence-electron chi connectivity index (χ2n) is 6.19. The summed E-state index contributed by atoms with van der Waals surface area (Å²) >= 11 is 6.16. The Morgan fingerprint density at radius 1 is 1.22 bits per heavy atom. The fourth-order valence-electron chi connectivity index (χ4n) is 3.38. The monoisotopic (exact) mass is 390 g/mol. The number of methoxy groups -OCH3 is 2. The molecule has 27 heavy (non-hydrogen) atoms. The molecule has 0 aromatic heterocycles. The summed E-state index contributed by atoms with van der Waals surface area (Å²) < 4.78 is 10.8. The summed E-state index contributed by atoms with van der Waals surface area (Å²) in [4.78, 5) is 25.3. The average Bonchev–Trinajstić information content (AvgIpc) is 3.16. The van der Waals surface area contributed by atoms with Crippen LogP contribution in [0.4, 0.5) is 5.69 Å². The van der Waals surface area contributed by atoms with Gasteiger partial charge in [-0.3, -0.25) is 14.9 Å². The Kier molecular flexibility index (Phi) is 5.51. The van der Waals surface area contributed by atoms with E-state index in [4.69, 9.17) is 21.1 Å². The van der Waals surface area contributed by atoms with E-state index in [1.54, 1.807) is 31.3 Å². The lowest BCUT2D eigenvalue weighted by Gasteiger charge is -2.27. The van der Waals surface area contributed by atoms with Gasteiger partial charge in [0.1, 0.15) is 11.5 Å². The summed E-state index contributed by atoms with van der Waals surface area (Å²) in [6, 6.07) is 9.11. The highest BCUT2D eigenvalue weighted by molar-refractivity contribution is 6.34. The number of nitro benzene ring substituents is 1. The van der Waals surface area contributed by atoms with Gasteiger partial charge in [0.05, 0.1) is 35.8 Å². The first-order chi connectivity index (χ1) is 13.0. The summed E-state index contributed by atoms with van der Waals surface area (Å²) in [5.74, 6) is 0.986. The van der Waals surface area contributed by atoms with Crippen molar-refractivity contribution in [3.05, 3.63) is 62.7 Å². The van der Waals surface area contributed by atoms with Gasteiger partial charge in [0.25, 0.3) is 11.6 Å². The molecule has 3 rings (SSSR count). The molecule has 0 saturated carbocycles. The van der Waals surface area contributed by atoms with Gasteiger partial charge in [-0.15, -0.1) is 0 Å². The Labute approximate surface area is 161 Å². The maximum absolute atomic E-state index is 13.1. The second-order valence-corrected chi connectivity index (χ2v) is 6.59. The van der Waals surface area contributed by atoms with E-state index in [-0.39, 0.29) is 28.2 Å². The second kappa shape index (κ2) is 7.84. The Balaban J connectivity index is 1.99. The molecule has 1 heterocycles. The molecule has 7 nitrogen and oxygen atoms in total. The van der Waals surface area contributed by atoms with Crippen LogP contribution in [0, 0.1) is 10.1 Å². The smallest absolute Gasteiger partial charge is 0.270 e. The maximum Gasteiger partial charge on any atom is 0.270 e. The number of benzene rings is 2. The highest BCUT2D eigenvalue weighted by Gasteiger charge is 2.34. The van der Waals surface area contributed by atoms with Crippen LogP contribution in [0.15, 0.2) is 36.4 Å². The van der Waals surface area contributed by atoms with E-state index >= 15 is 0 Å². The molecular formula is C19H19ClN2O5. The topological polar surface area (TPSA) is 81.9 Å². The lowest BCUT2D eigenvalue weighted by molar-refractivity contribution is -0.384. The molecule has 1 fully saturated rings. The lowest BCUT2D eigenvalue weighted by Crippen LogP contribution is -2.31. The molecule has 142 valence electrons. The highest BCUT2D eigenvalue weighted by Crippen LogP contribution is 2.40. The van der Waals surface area contributed by atoms with Gasteiger partial charge in [0.15, 0.2) is 0 Å². The number of rotatable bonds is 5. The zero-order valence-electron chi connectivity index (χ0n) is 15.0. The van der Waals surface area contributed by atoms with Gasteiger partial charge in [-0.1, -0.05) is 11.6 Å². The van der Waals surface area contributed by atoms with Crippen LogP contribution in [-0.2, 0) is 0 Å².